The minimum absolute atomic E-state index is 0.123. The Hall–Kier alpha value is -1.35. The monoisotopic (exact) mass is 234 g/mol. The maximum Gasteiger partial charge on any atom is 0.146 e. The normalized spacial score (nSPS) is 17.9. The Morgan fingerprint density at radius 3 is 2.71 bits per heavy atom. The third-order valence-corrected chi connectivity index (χ3v) is 3.27. The maximum atomic E-state index is 14.0. The van der Waals surface area contributed by atoms with Crippen LogP contribution in [0.5, 0.6) is 0 Å². The van der Waals surface area contributed by atoms with Gasteiger partial charge in [-0.15, -0.1) is 0 Å². The molecule has 1 heterocycles. The van der Waals surface area contributed by atoms with Gasteiger partial charge in [-0.25, -0.2) is 4.39 Å². The summed E-state index contributed by atoms with van der Waals surface area (Å²) in [5.74, 6) is -0.173. The van der Waals surface area contributed by atoms with E-state index in [2.05, 4.69) is 17.9 Å². The van der Waals surface area contributed by atoms with Crippen LogP contribution in [0.3, 0.4) is 0 Å². The van der Waals surface area contributed by atoms with Gasteiger partial charge >= 0.3 is 0 Å². The average molecular weight is 234 g/mol. The largest absolute Gasteiger partial charge is 0.365 e. The van der Waals surface area contributed by atoms with Crippen LogP contribution >= 0.6 is 0 Å². The number of halogens is 1. The summed E-state index contributed by atoms with van der Waals surface area (Å²) in [4.78, 5) is 2.06. The number of nitrogens with zero attached hydrogens (tertiary/aromatic N) is 1. The smallest absolute Gasteiger partial charge is 0.146 e. The van der Waals surface area contributed by atoms with E-state index < -0.39 is 0 Å². The fourth-order valence-corrected chi connectivity index (χ4v) is 2.05. The molecule has 0 fully saturated rings. The van der Waals surface area contributed by atoms with Crippen molar-refractivity contribution in [1.82, 2.24) is 0 Å². The van der Waals surface area contributed by atoms with Crippen molar-refractivity contribution in [2.45, 2.75) is 26.3 Å². The zero-order valence-corrected chi connectivity index (χ0v) is 10.4. The number of benzene rings is 1. The molecule has 0 radical (unpaired) electrons. The molecule has 1 aromatic carbocycles. The Balaban J connectivity index is 2.22. The molecule has 0 unspecified atom stereocenters. The predicted octanol–water partition coefficient (Wildman–Crippen LogP) is 3.00. The van der Waals surface area contributed by atoms with E-state index in [9.17, 15) is 4.39 Å². The van der Waals surface area contributed by atoms with Crippen molar-refractivity contribution in [2.24, 2.45) is 5.73 Å². The summed E-state index contributed by atoms with van der Waals surface area (Å²) in [6, 6.07) is 5.17. The highest BCUT2D eigenvalue weighted by molar-refractivity contribution is 5.51. The first-order valence-electron chi connectivity index (χ1n) is 6.03. The van der Waals surface area contributed by atoms with Crippen molar-refractivity contribution in [3.63, 3.8) is 0 Å². The van der Waals surface area contributed by atoms with Crippen LogP contribution in [0.15, 0.2) is 29.8 Å². The Bertz CT molecular complexity index is 438. The van der Waals surface area contributed by atoms with E-state index >= 15 is 0 Å². The molecule has 0 amide bonds. The molecule has 1 aliphatic rings. The summed E-state index contributed by atoms with van der Waals surface area (Å²) >= 11 is 0. The Kier molecular flexibility index (Phi) is 3.48. The van der Waals surface area contributed by atoms with Gasteiger partial charge < -0.3 is 10.6 Å². The first kappa shape index (κ1) is 12.1. The lowest BCUT2D eigenvalue weighted by molar-refractivity contribution is 0.612. The highest BCUT2D eigenvalue weighted by Gasteiger charge is 2.14. The number of nitrogens with two attached hydrogens (primary N) is 1. The molecule has 17 heavy (non-hydrogen) atoms. The van der Waals surface area contributed by atoms with E-state index in [-0.39, 0.29) is 11.9 Å². The molecule has 2 rings (SSSR count). The zero-order valence-electron chi connectivity index (χ0n) is 10.4. The summed E-state index contributed by atoms with van der Waals surface area (Å²) in [5.41, 5.74) is 8.64. The molecule has 92 valence electrons. The third-order valence-electron chi connectivity index (χ3n) is 3.27. The average Bonchev–Trinajstić information content (AvgIpc) is 2.30. The Labute approximate surface area is 102 Å². The summed E-state index contributed by atoms with van der Waals surface area (Å²) in [6.45, 7) is 5.66. The van der Waals surface area contributed by atoms with Crippen molar-refractivity contribution < 1.29 is 4.39 Å². The SMILES string of the molecule is CC1=CCN(c2ccc([C@H](C)N)cc2F)CC1. The second kappa shape index (κ2) is 4.88. The van der Waals surface area contributed by atoms with Crippen LogP contribution in [0.1, 0.15) is 31.9 Å². The molecular formula is C14H19FN2. The second-order valence-electron chi connectivity index (χ2n) is 4.75. The van der Waals surface area contributed by atoms with Crippen molar-refractivity contribution in [2.75, 3.05) is 18.0 Å². The van der Waals surface area contributed by atoms with Gasteiger partial charge in [0.15, 0.2) is 0 Å². The summed E-state index contributed by atoms with van der Waals surface area (Å²) in [6.07, 6.45) is 3.16. The molecule has 1 atom stereocenters. The van der Waals surface area contributed by atoms with Crippen molar-refractivity contribution in [3.05, 3.63) is 41.2 Å². The van der Waals surface area contributed by atoms with Crippen molar-refractivity contribution >= 4 is 5.69 Å². The van der Waals surface area contributed by atoms with E-state index in [1.807, 2.05) is 19.1 Å². The molecule has 3 heteroatoms. The zero-order chi connectivity index (χ0) is 12.4. The molecule has 0 bridgehead atoms. The van der Waals surface area contributed by atoms with Crippen LogP contribution in [-0.2, 0) is 0 Å². The Morgan fingerprint density at radius 2 is 2.18 bits per heavy atom. The molecule has 1 aliphatic heterocycles. The minimum Gasteiger partial charge on any atom is -0.365 e. The summed E-state index contributed by atoms with van der Waals surface area (Å²) in [5, 5.41) is 0. The van der Waals surface area contributed by atoms with Crippen LogP contribution in [-0.4, -0.2) is 13.1 Å². The number of rotatable bonds is 2. The van der Waals surface area contributed by atoms with Crippen LogP contribution in [0, 0.1) is 5.82 Å². The standard InChI is InChI=1S/C14H19FN2/c1-10-5-7-17(8-6-10)14-4-3-12(11(2)16)9-13(14)15/h3-5,9,11H,6-8,16H2,1-2H3/t11-/m0/s1. The first-order valence-corrected chi connectivity index (χ1v) is 6.03. The van der Waals surface area contributed by atoms with Gasteiger partial charge in [0, 0.05) is 19.1 Å². The number of hydrogen-bond donors (Lipinski definition) is 1. The number of anilines is 1. The predicted molar refractivity (Wildman–Crippen MR) is 69.6 cm³/mol. The lowest BCUT2D eigenvalue weighted by Crippen LogP contribution is -2.29. The highest BCUT2D eigenvalue weighted by atomic mass is 19.1. The molecule has 2 N–H and O–H groups in total. The van der Waals surface area contributed by atoms with Crippen LogP contribution in [0.2, 0.25) is 0 Å². The van der Waals surface area contributed by atoms with Crippen molar-refractivity contribution in [1.29, 1.82) is 0 Å². The minimum atomic E-state index is -0.173. The van der Waals surface area contributed by atoms with Crippen LogP contribution < -0.4 is 10.6 Å². The quantitative estimate of drug-likeness (QED) is 0.797. The second-order valence-corrected chi connectivity index (χ2v) is 4.75. The summed E-state index contributed by atoms with van der Waals surface area (Å²) in [7, 11) is 0. The van der Waals surface area contributed by atoms with Gasteiger partial charge in [-0.1, -0.05) is 17.7 Å². The van der Waals surface area contributed by atoms with E-state index in [1.165, 1.54) is 5.57 Å². The lowest BCUT2D eigenvalue weighted by atomic mass is 10.1. The highest BCUT2D eigenvalue weighted by Crippen LogP contribution is 2.25. The van der Waals surface area contributed by atoms with Gasteiger partial charge in [-0.3, -0.25) is 0 Å². The van der Waals surface area contributed by atoms with E-state index in [0.29, 0.717) is 5.69 Å². The molecule has 0 saturated heterocycles. The van der Waals surface area contributed by atoms with Crippen molar-refractivity contribution in [3.8, 4) is 0 Å². The maximum absolute atomic E-state index is 14.0. The topological polar surface area (TPSA) is 29.3 Å². The van der Waals surface area contributed by atoms with Gasteiger partial charge in [-0.05, 0) is 38.0 Å². The summed E-state index contributed by atoms with van der Waals surface area (Å²) < 4.78 is 14.0. The van der Waals surface area contributed by atoms with Gasteiger partial charge in [-0.2, -0.15) is 0 Å². The van der Waals surface area contributed by atoms with Gasteiger partial charge in [0.2, 0.25) is 0 Å². The van der Waals surface area contributed by atoms with E-state index in [1.54, 1.807) is 6.07 Å². The van der Waals surface area contributed by atoms with Gasteiger partial charge in [0.25, 0.3) is 0 Å². The van der Waals surface area contributed by atoms with Gasteiger partial charge in [0.1, 0.15) is 5.82 Å². The van der Waals surface area contributed by atoms with Gasteiger partial charge in [0.05, 0.1) is 5.69 Å². The van der Waals surface area contributed by atoms with E-state index in [0.717, 1.165) is 25.1 Å². The molecule has 0 spiro atoms. The lowest BCUT2D eigenvalue weighted by Gasteiger charge is -2.28. The molecule has 2 nitrogen and oxygen atoms in total. The fraction of sp³-hybridized carbons (Fsp3) is 0.429. The van der Waals surface area contributed by atoms with Crippen LogP contribution in [0.25, 0.3) is 0 Å². The molecule has 0 aromatic heterocycles. The first-order chi connectivity index (χ1) is 8.08. The molecule has 0 saturated carbocycles. The molecule has 1 aromatic rings. The third kappa shape index (κ3) is 2.67. The number of hydrogen-bond acceptors (Lipinski definition) is 2. The fourth-order valence-electron chi connectivity index (χ4n) is 2.05. The molecular weight excluding hydrogens is 215 g/mol. The van der Waals surface area contributed by atoms with Crippen LogP contribution in [0.4, 0.5) is 10.1 Å². The molecule has 0 aliphatic carbocycles. The Morgan fingerprint density at radius 1 is 1.41 bits per heavy atom. The van der Waals surface area contributed by atoms with E-state index in [4.69, 9.17) is 5.73 Å².